The zero-order valence-corrected chi connectivity index (χ0v) is 19.1. The predicted octanol–water partition coefficient (Wildman–Crippen LogP) is 2.79. The molecule has 1 atom stereocenters. The Kier molecular flexibility index (Phi) is 6.36. The van der Waals surface area contributed by atoms with Crippen molar-refractivity contribution < 1.29 is 13.5 Å². The van der Waals surface area contributed by atoms with Gasteiger partial charge in [-0.05, 0) is 43.5 Å². The van der Waals surface area contributed by atoms with E-state index >= 15 is 0 Å². The van der Waals surface area contributed by atoms with Crippen LogP contribution in [0.15, 0.2) is 36.8 Å². The second kappa shape index (κ2) is 9.57. The molecule has 1 aliphatic carbocycles. The summed E-state index contributed by atoms with van der Waals surface area (Å²) < 4.78 is 35.8. The number of halogens is 2. The Morgan fingerprint density at radius 2 is 2.06 bits per heavy atom. The van der Waals surface area contributed by atoms with Crippen molar-refractivity contribution in [3.63, 3.8) is 0 Å². The first-order valence-electron chi connectivity index (χ1n) is 11.6. The summed E-state index contributed by atoms with van der Waals surface area (Å²) in [6.07, 6.45) is 8.40. The van der Waals surface area contributed by atoms with Gasteiger partial charge in [0.25, 0.3) is 5.92 Å². The second-order valence-corrected chi connectivity index (χ2v) is 9.01. The molecule has 1 aliphatic heterocycles. The van der Waals surface area contributed by atoms with E-state index in [1.54, 1.807) is 30.4 Å². The number of hydrogen-bond donors (Lipinski definition) is 1. The molecule has 5 rings (SSSR count). The Hall–Kier alpha value is -3.21. The van der Waals surface area contributed by atoms with Crippen LogP contribution in [0.3, 0.4) is 0 Å². The van der Waals surface area contributed by atoms with E-state index in [1.165, 1.54) is 6.42 Å². The predicted molar refractivity (Wildman–Crippen MR) is 122 cm³/mol. The first kappa shape index (κ1) is 22.6. The van der Waals surface area contributed by atoms with Crippen molar-refractivity contribution in [1.29, 1.82) is 0 Å². The second-order valence-electron chi connectivity index (χ2n) is 9.01. The summed E-state index contributed by atoms with van der Waals surface area (Å²) in [5, 5.41) is 20.1. The van der Waals surface area contributed by atoms with Gasteiger partial charge in [-0.25, -0.2) is 13.5 Å². The van der Waals surface area contributed by atoms with Crippen LogP contribution < -0.4 is 15.0 Å². The van der Waals surface area contributed by atoms with Crippen molar-refractivity contribution in [3.05, 3.63) is 42.5 Å². The summed E-state index contributed by atoms with van der Waals surface area (Å²) in [6.45, 7) is 1.52. The SMILES string of the molecule is COc1cncc(-c2cn(Cc3ccc(N4CCC(F)(F)C(NCC5CCC5)C4)nn3)nn2)c1. The standard InChI is InChI=1S/C23H28F2N8O/c1-34-19-9-17(11-26-12-19)20-14-33(31-29-20)13-18-5-6-22(30-28-18)32-8-7-23(24,25)21(15-32)27-10-16-3-2-4-16/h5-6,9,11-12,14,16,21,27H,2-4,7-8,10,13,15H2,1H3. The zero-order valence-electron chi connectivity index (χ0n) is 19.1. The molecule has 0 bridgehead atoms. The van der Waals surface area contributed by atoms with E-state index in [1.807, 2.05) is 23.1 Å². The van der Waals surface area contributed by atoms with E-state index in [-0.39, 0.29) is 19.5 Å². The Morgan fingerprint density at radius 3 is 2.79 bits per heavy atom. The monoisotopic (exact) mass is 470 g/mol. The lowest BCUT2D eigenvalue weighted by Crippen LogP contribution is -2.58. The molecule has 11 heteroatoms. The molecule has 3 aromatic rings. The van der Waals surface area contributed by atoms with Gasteiger partial charge in [0.05, 0.1) is 37.8 Å². The fraction of sp³-hybridized carbons (Fsp3) is 0.522. The van der Waals surface area contributed by atoms with Gasteiger partial charge < -0.3 is 15.0 Å². The fourth-order valence-corrected chi connectivity index (χ4v) is 4.28. The minimum absolute atomic E-state index is 0.195. The number of nitrogens with zero attached hydrogens (tertiary/aromatic N) is 7. The lowest BCUT2D eigenvalue weighted by Gasteiger charge is -2.40. The van der Waals surface area contributed by atoms with Gasteiger partial charge in [0, 0.05) is 31.3 Å². The quantitative estimate of drug-likeness (QED) is 0.537. The van der Waals surface area contributed by atoms with E-state index < -0.39 is 12.0 Å². The van der Waals surface area contributed by atoms with Crippen LogP contribution in [-0.2, 0) is 6.54 Å². The normalized spacial score (nSPS) is 20.2. The molecule has 180 valence electrons. The largest absolute Gasteiger partial charge is 0.495 e. The molecule has 0 radical (unpaired) electrons. The Bertz CT molecular complexity index is 1100. The van der Waals surface area contributed by atoms with E-state index in [4.69, 9.17) is 4.74 Å². The van der Waals surface area contributed by atoms with Crippen LogP contribution in [0.2, 0.25) is 0 Å². The molecular formula is C23H28F2N8O. The molecule has 4 heterocycles. The van der Waals surface area contributed by atoms with Crippen molar-refractivity contribution in [2.75, 3.05) is 31.6 Å². The van der Waals surface area contributed by atoms with Gasteiger partial charge >= 0.3 is 0 Å². The maximum atomic E-state index is 14.5. The fourth-order valence-electron chi connectivity index (χ4n) is 4.28. The lowest BCUT2D eigenvalue weighted by atomic mass is 9.85. The Labute approximate surface area is 196 Å². The molecule has 3 aromatic heterocycles. The average molecular weight is 471 g/mol. The molecule has 9 nitrogen and oxygen atoms in total. The number of alkyl halides is 2. The van der Waals surface area contributed by atoms with Gasteiger partial charge in [0.2, 0.25) is 0 Å². The number of methoxy groups -OCH3 is 1. The summed E-state index contributed by atoms with van der Waals surface area (Å²) in [7, 11) is 1.58. The first-order chi connectivity index (χ1) is 16.5. The third-order valence-corrected chi connectivity index (χ3v) is 6.64. The minimum Gasteiger partial charge on any atom is -0.495 e. The van der Waals surface area contributed by atoms with Gasteiger partial charge in [-0.2, -0.15) is 5.10 Å². The van der Waals surface area contributed by atoms with Crippen LogP contribution in [0, 0.1) is 5.92 Å². The highest BCUT2D eigenvalue weighted by Gasteiger charge is 2.44. The number of pyridine rings is 1. The van der Waals surface area contributed by atoms with E-state index in [2.05, 4.69) is 30.8 Å². The number of piperidine rings is 1. The summed E-state index contributed by atoms with van der Waals surface area (Å²) in [5.41, 5.74) is 2.17. The van der Waals surface area contributed by atoms with Crippen molar-refractivity contribution in [3.8, 4) is 17.0 Å². The van der Waals surface area contributed by atoms with E-state index in [0.717, 1.165) is 18.4 Å². The number of rotatable bonds is 8. The molecule has 0 aromatic carbocycles. The van der Waals surface area contributed by atoms with Crippen molar-refractivity contribution >= 4 is 5.82 Å². The molecule has 1 N–H and O–H groups in total. The minimum atomic E-state index is -2.71. The molecule has 2 aliphatic rings. The highest BCUT2D eigenvalue weighted by atomic mass is 19.3. The van der Waals surface area contributed by atoms with Gasteiger partial charge in [-0.15, -0.1) is 10.2 Å². The van der Waals surface area contributed by atoms with Crippen LogP contribution >= 0.6 is 0 Å². The summed E-state index contributed by atoms with van der Waals surface area (Å²) >= 11 is 0. The van der Waals surface area contributed by atoms with Crippen molar-refractivity contribution in [2.45, 2.75) is 44.2 Å². The number of nitrogens with one attached hydrogen (secondary N) is 1. The molecule has 2 fully saturated rings. The zero-order chi connectivity index (χ0) is 23.5. The Morgan fingerprint density at radius 1 is 1.18 bits per heavy atom. The Balaban J connectivity index is 1.21. The van der Waals surface area contributed by atoms with E-state index in [9.17, 15) is 8.78 Å². The van der Waals surface area contributed by atoms with Gasteiger partial charge in [0.1, 0.15) is 11.4 Å². The molecule has 0 amide bonds. The van der Waals surface area contributed by atoms with Crippen molar-refractivity contribution in [2.24, 2.45) is 5.92 Å². The van der Waals surface area contributed by atoms with Crippen LogP contribution in [0.1, 0.15) is 31.4 Å². The third kappa shape index (κ3) is 4.98. The molecule has 1 unspecified atom stereocenters. The van der Waals surface area contributed by atoms with Crippen LogP contribution in [0.25, 0.3) is 11.3 Å². The van der Waals surface area contributed by atoms with Crippen LogP contribution in [-0.4, -0.2) is 68.9 Å². The first-order valence-corrected chi connectivity index (χ1v) is 11.6. The molecule has 1 saturated carbocycles. The van der Waals surface area contributed by atoms with Crippen molar-refractivity contribution in [1.82, 2.24) is 35.5 Å². The molecular weight excluding hydrogens is 442 g/mol. The van der Waals surface area contributed by atoms with Crippen LogP contribution in [0.4, 0.5) is 14.6 Å². The highest BCUT2D eigenvalue weighted by Crippen LogP contribution is 2.32. The van der Waals surface area contributed by atoms with Gasteiger partial charge in [-0.3, -0.25) is 4.98 Å². The average Bonchev–Trinajstić information content (AvgIpc) is 3.28. The summed E-state index contributed by atoms with van der Waals surface area (Å²) in [4.78, 5) is 6.03. The van der Waals surface area contributed by atoms with Gasteiger partial charge in [0.15, 0.2) is 5.82 Å². The van der Waals surface area contributed by atoms with Crippen LogP contribution in [0.5, 0.6) is 5.75 Å². The smallest absolute Gasteiger partial charge is 0.266 e. The van der Waals surface area contributed by atoms with Gasteiger partial charge in [-0.1, -0.05) is 11.6 Å². The van der Waals surface area contributed by atoms with E-state index in [0.29, 0.717) is 42.0 Å². The number of hydrogen-bond acceptors (Lipinski definition) is 8. The summed E-state index contributed by atoms with van der Waals surface area (Å²) in [5.74, 6) is -0.930. The third-order valence-electron chi connectivity index (χ3n) is 6.64. The summed E-state index contributed by atoms with van der Waals surface area (Å²) in [6, 6.07) is 4.65. The topological polar surface area (TPSA) is 93.9 Å². The number of ether oxygens (including phenoxy) is 1. The maximum absolute atomic E-state index is 14.5. The molecule has 1 saturated heterocycles. The lowest BCUT2D eigenvalue weighted by molar-refractivity contribution is -0.0528. The molecule has 0 spiro atoms. The molecule has 34 heavy (non-hydrogen) atoms. The highest BCUT2D eigenvalue weighted by molar-refractivity contribution is 5.58. The maximum Gasteiger partial charge on any atom is 0.266 e. The number of anilines is 1. The number of aromatic nitrogens is 6.